The lowest BCUT2D eigenvalue weighted by Gasteiger charge is -2.06. The van der Waals surface area contributed by atoms with Gasteiger partial charge in [0.25, 0.3) is 0 Å². The van der Waals surface area contributed by atoms with Gasteiger partial charge in [0.15, 0.2) is 0 Å². The van der Waals surface area contributed by atoms with Crippen LogP contribution in [-0.4, -0.2) is 6.54 Å². The van der Waals surface area contributed by atoms with Gasteiger partial charge in [0, 0.05) is 6.54 Å². The number of hydrogen-bond donors (Lipinski definition) is 1. The van der Waals surface area contributed by atoms with Crippen molar-refractivity contribution in [2.75, 3.05) is 6.54 Å². The fourth-order valence-electron chi connectivity index (χ4n) is 1.91. The van der Waals surface area contributed by atoms with Crippen molar-refractivity contribution in [2.24, 2.45) is 0 Å². The third kappa shape index (κ3) is 8.75. The average molecular weight is 325 g/mol. The van der Waals surface area contributed by atoms with E-state index >= 15 is 0 Å². The summed E-state index contributed by atoms with van der Waals surface area (Å²) in [5.41, 5.74) is 1.19. The fourth-order valence-corrected chi connectivity index (χ4v) is 2.23. The first-order valence-electron chi connectivity index (χ1n) is 6.88. The van der Waals surface area contributed by atoms with Crippen molar-refractivity contribution in [1.29, 1.82) is 0 Å². The van der Waals surface area contributed by atoms with Crippen LogP contribution in [0, 0.1) is 0 Å². The molecule has 0 aliphatic heterocycles. The summed E-state index contributed by atoms with van der Waals surface area (Å²) in [6.07, 6.45) is 8.01. The van der Waals surface area contributed by atoms with E-state index < -0.39 is 0 Å². The van der Waals surface area contributed by atoms with Crippen LogP contribution >= 0.6 is 35.6 Å². The predicted molar refractivity (Wildman–Crippen MR) is 88.8 cm³/mol. The van der Waals surface area contributed by atoms with Gasteiger partial charge < -0.3 is 5.32 Å². The molecule has 1 aromatic carbocycles. The molecule has 0 aliphatic carbocycles. The summed E-state index contributed by atoms with van der Waals surface area (Å²) in [6, 6.07) is 5.80. The maximum Gasteiger partial charge on any atom is 0.0595 e. The molecule has 0 unspecified atom stereocenters. The minimum absolute atomic E-state index is 0. The topological polar surface area (TPSA) is 12.0 Å². The van der Waals surface area contributed by atoms with Crippen molar-refractivity contribution < 1.29 is 0 Å². The van der Waals surface area contributed by atoms with Crippen LogP contribution < -0.4 is 5.32 Å². The van der Waals surface area contributed by atoms with Gasteiger partial charge in [0.2, 0.25) is 0 Å². The molecule has 1 nitrogen and oxygen atoms in total. The summed E-state index contributed by atoms with van der Waals surface area (Å²) in [5.74, 6) is 0. The number of unbranched alkanes of at least 4 members (excludes halogenated alkanes) is 5. The Bertz CT molecular complexity index is 342. The molecule has 0 aliphatic rings. The lowest BCUT2D eigenvalue weighted by atomic mass is 10.1. The molecule has 0 aromatic heterocycles. The van der Waals surface area contributed by atoms with Crippen molar-refractivity contribution in [3.63, 3.8) is 0 Å². The second-order valence-corrected chi connectivity index (χ2v) is 5.51. The molecular formula is C15H24Cl3N. The van der Waals surface area contributed by atoms with Crippen molar-refractivity contribution in [3.05, 3.63) is 33.8 Å². The van der Waals surface area contributed by atoms with Gasteiger partial charge in [0.05, 0.1) is 10.0 Å². The summed E-state index contributed by atoms with van der Waals surface area (Å²) in [7, 11) is 0. The van der Waals surface area contributed by atoms with E-state index in [0.29, 0.717) is 10.0 Å². The molecule has 19 heavy (non-hydrogen) atoms. The van der Waals surface area contributed by atoms with Crippen LogP contribution in [0.25, 0.3) is 0 Å². The Kier molecular flexibility index (Phi) is 11.9. The number of rotatable bonds is 9. The normalized spacial score (nSPS) is 10.3. The Morgan fingerprint density at radius 1 is 0.947 bits per heavy atom. The molecule has 0 saturated carbocycles. The van der Waals surface area contributed by atoms with Gasteiger partial charge in [-0.15, -0.1) is 12.4 Å². The summed E-state index contributed by atoms with van der Waals surface area (Å²) in [5, 5.41) is 4.69. The third-order valence-electron chi connectivity index (χ3n) is 3.02. The summed E-state index contributed by atoms with van der Waals surface area (Å²) in [4.78, 5) is 0. The van der Waals surface area contributed by atoms with E-state index in [-0.39, 0.29) is 12.4 Å². The van der Waals surface area contributed by atoms with Crippen LogP contribution in [0.15, 0.2) is 18.2 Å². The average Bonchev–Trinajstić information content (AvgIpc) is 2.37. The van der Waals surface area contributed by atoms with Gasteiger partial charge >= 0.3 is 0 Å². The molecule has 0 spiro atoms. The van der Waals surface area contributed by atoms with Crippen LogP contribution in [0.2, 0.25) is 10.0 Å². The van der Waals surface area contributed by atoms with E-state index in [1.807, 2.05) is 18.2 Å². The largest absolute Gasteiger partial charge is 0.313 e. The highest BCUT2D eigenvalue weighted by Crippen LogP contribution is 2.22. The first-order valence-corrected chi connectivity index (χ1v) is 7.64. The highest BCUT2D eigenvalue weighted by molar-refractivity contribution is 6.42. The summed E-state index contributed by atoms with van der Waals surface area (Å²) in [6.45, 7) is 4.19. The van der Waals surface area contributed by atoms with Crippen molar-refractivity contribution in [1.82, 2.24) is 5.32 Å². The molecule has 0 atom stereocenters. The standard InChI is InChI=1S/C15H23Cl2N.ClH/c1-2-3-4-5-6-7-10-18-12-13-8-9-14(16)15(17)11-13;/h8-9,11,18H,2-7,10,12H2,1H3;1H. The molecule has 4 heteroatoms. The van der Waals surface area contributed by atoms with Crippen LogP contribution in [0.1, 0.15) is 51.0 Å². The minimum atomic E-state index is 0. The molecule has 110 valence electrons. The van der Waals surface area contributed by atoms with Crippen molar-refractivity contribution in [3.8, 4) is 0 Å². The molecule has 0 radical (unpaired) electrons. The van der Waals surface area contributed by atoms with E-state index in [1.165, 1.54) is 44.1 Å². The quantitative estimate of drug-likeness (QED) is 0.560. The van der Waals surface area contributed by atoms with Gasteiger partial charge in [-0.3, -0.25) is 0 Å². The first-order chi connectivity index (χ1) is 8.74. The van der Waals surface area contributed by atoms with Crippen LogP contribution in [0.5, 0.6) is 0 Å². The molecule has 1 aromatic rings. The number of halogens is 3. The Hall–Kier alpha value is 0.0500. The van der Waals surface area contributed by atoms with Gasteiger partial charge in [-0.05, 0) is 30.7 Å². The molecule has 0 fully saturated rings. The molecule has 0 heterocycles. The second kappa shape index (κ2) is 11.8. The zero-order valence-corrected chi connectivity index (χ0v) is 13.9. The summed E-state index contributed by atoms with van der Waals surface area (Å²) < 4.78 is 0. The zero-order chi connectivity index (χ0) is 13.2. The maximum absolute atomic E-state index is 5.97. The zero-order valence-electron chi connectivity index (χ0n) is 11.6. The Morgan fingerprint density at radius 3 is 2.32 bits per heavy atom. The maximum atomic E-state index is 5.97. The van der Waals surface area contributed by atoms with Gasteiger partial charge in [0.1, 0.15) is 0 Å². The monoisotopic (exact) mass is 323 g/mol. The Morgan fingerprint density at radius 2 is 1.63 bits per heavy atom. The SMILES string of the molecule is CCCCCCCCNCc1ccc(Cl)c(Cl)c1.Cl. The molecule has 0 saturated heterocycles. The summed E-state index contributed by atoms with van der Waals surface area (Å²) >= 11 is 11.8. The van der Waals surface area contributed by atoms with E-state index in [1.54, 1.807) is 0 Å². The molecule has 0 amide bonds. The molecule has 1 N–H and O–H groups in total. The Labute approximate surface area is 133 Å². The van der Waals surface area contributed by atoms with E-state index in [4.69, 9.17) is 23.2 Å². The lowest BCUT2D eigenvalue weighted by Crippen LogP contribution is -2.14. The van der Waals surface area contributed by atoms with Crippen LogP contribution in [0.3, 0.4) is 0 Å². The fraction of sp³-hybridized carbons (Fsp3) is 0.600. The van der Waals surface area contributed by atoms with E-state index in [0.717, 1.165) is 13.1 Å². The molecule has 0 bridgehead atoms. The number of hydrogen-bond acceptors (Lipinski definition) is 1. The van der Waals surface area contributed by atoms with Gasteiger partial charge in [-0.1, -0.05) is 68.3 Å². The smallest absolute Gasteiger partial charge is 0.0595 e. The van der Waals surface area contributed by atoms with E-state index in [2.05, 4.69) is 12.2 Å². The molecule has 1 rings (SSSR count). The van der Waals surface area contributed by atoms with Crippen LogP contribution in [0.4, 0.5) is 0 Å². The highest BCUT2D eigenvalue weighted by Gasteiger charge is 1.99. The lowest BCUT2D eigenvalue weighted by molar-refractivity contribution is 0.572. The van der Waals surface area contributed by atoms with Crippen molar-refractivity contribution >= 4 is 35.6 Å². The van der Waals surface area contributed by atoms with E-state index in [9.17, 15) is 0 Å². The van der Waals surface area contributed by atoms with Crippen LogP contribution in [-0.2, 0) is 6.54 Å². The van der Waals surface area contributed by atoms with Crippen molar-refractivity contribution in [2.45, 2.75) is 52.0 Å². The highest BCUT2D eigenvalue weighted by atomic mass is 35.5. The minimum Gasteiger partial charge on any atom is -0.313 e. The second-order valence-electron chi connectivity index (χ2n) is 4.69. The van der Waals surface area contributed by atoms with Gasteiger partial charge in [-0.25, -0.2) is 0 Å². The Balaban J connectivity index is 0.00000324. The molecular weight excluding hydrogens is 301 g/mol. The third-order valence-corrected chi connectivity index (χ3v) is 3.76. The first kappa shape index (κ1) is 19.1. The number of benzene rings is 1. The number of nitrogens with one attached hydrogen (secondary N) is 1. The van der Waals surface area contributed by atoms with Gasteiger partial charge in [-0.2, -0.15) is 0 Å². The predicted octanol–water partition coefficient (Wildman–Crippen LogP) is 5.87.